The van der Waals surface area contributed by atoms with E-state index < -0.39 is 10.1 Å². The Balaban J connectivity index is 1.89. The first-order chi connectivity index (χ1) is 12.9. The molecule has 0 radical (unpaired) electrons. The van der Waals surface area contributed by atoms with Crippen LogP contribution in [-0.2, 0) is 16.5 Å². The van der Waals surface area contributed by atoms with Crippen LogP contribution in [0.3, 0.4) is 0 Å². The fourth-order valence-electron chi connectivity index (χ4n) is 3.87. The highest BCUT2D eigenvalue weighted by Crippen LogP contribution is 2.30. The zero-order valence-corrected chi connectivity index (χ0v) is 17.7. The van der Waals surface area contributed by atoms with E-state index in [0.717, 1.165) is 23.8 Å². The number of hydrogen-bond acceptors (Lipinski definition) is 2. The smallest absolute Gasteiger partial charge is 0.282 e. The molecule has 2 rings (SSSR count). The molecule has 0 aliphatic rings. The third-order valence-corrected chi connectivity index (χ3v) is 6.46. The second kappa shape index (κ2) is 10.8. The van der Waals surface area contributed by atoms with Gasteiger partial charge in [-0.25, -0.2) is 0 Å². The number of benzene rings is 2. The first kappa shape index (κ1) is 21.9. The van der Waals surface area contributed by atoms with Gasteiger partial charge in [-0.3, -0.25) is 4.55 Å². The summed E-state index contributed by atoms with van der Waals surface area (Å²) in [6.45, 7) is 4.05. The Morgan fingerprint density at radius 3 is 2.00 bits per heavy atom. The van der Waals surface area contributed by atoms with E-state index in [2.05, 4.69) is 13.0 Å². The van der Waals surface area contributed by atoms with Crippen molar-refractivity contribution < 1.29 is 13.0 Å². The largest absolute Gasteiger partial charge is 0.295 e. The lowest BCUT2D eigenvalue weighted by molar-refractivity contribution is 0.483. The van der Waals surface area contributed by atoms with Crippen molar-refractivity contribution in [1.29, 1.82) is 0 Å². The maximum absolute atomic E-state index is 11.9. The molecule has 0 aromatic heterocycles. The first-order valence-corrected chi connectivity index (χ1v) is 11.9. The topological polar surface area (TPSA) is 54.4 Å². The van der Waals surface area contributed by atoms with Crippen LogP contribution < -0.4 is 0 Å². The molecular weight excluding hydrogens is 356 g/mol. The van der Waals surface area contributed by atoms with Gasteiger partial charge in [-0.2, -0.15) is 8.42 Å². The Labute approximate surface area is 164 Å². The van der Waals surface area contributed by atoms with Crippen molar-refractivity contribution in [2.75, 3.05) is 0 Å². The van der Waals surface area contributed by atoms with Crippen LogP contribution in [0.4, 0.5) is 0 Å². The molecular formula is C23H34O3S. The van der Waals surface area contributed by atoms with Gasteiger partial charge < -0.3 is 0 Å². The summed E-state index contributed by atoms with van der Waals surface area (Å²) in [4.78, 5) is 0.0719. The normalized spacial score (nSPS) is 12.0. The molecule has 150 valence electrons. The van der Waals surface area contributed by atoms with Crippen LogP contribution in [0.15, 0.2) is 35.2 Å². The molecule has 0 spiro atoms. The molecule has 2 aromatic carbocycles. The third-order valence-electron chi connectivity index (χ3n) is 5.42. The first-order valence-electron chi connectivity index (χ1n) is 10.4. The molecule has 0 amide bonds. The minimum atomic E-state index is -4.23. The predicted molar refractivity (Wildman–Crippen MR) is 114 cm³/mol. The maximum Gasteiger partial charge on any atom is 0.295 e. The second-order valence-electron chi connectivity index (χ2n) is 7.62. The van der Waals surface area contributed by atoms with Crippen molar-refractivity contribution in [3.8, 4) is 0 Å². The fourth-order valence-corrected chi connectivity index (χ4v) is 4.85. The standard InChI is InChI=1S/C23H34O3S/c1-3-4-5-6-7-8-9-10-11-12-15-20-18-21-16-13-14-17-22(21)23(19(20)2)27(24,25)26/h13-14,16-18H,3-12,15H2,1-2H3,(H,24,25,26). The van der Waals surface area contributed by atoms with E-state index in [0.29, 0.717) is 10.9 Å². The zero-order valence-electron chi connectivity index (χ0n) is 16.8. The minimum Gasteiger partial charge on any atom is -0.282 e. The van der Waals surface area contributed by atoms with E-state index in [1.54, 1.807) is 19.1 Å². The van der Waals surface area contributed by atoms with Gasteiger partial charge in [0, 0.05) is 5.39 Å². The monoisotopic (exact) mass is 390 g/mol. The van der Waals surface area contributed by atoms with Crippen LogP contribution in [-0.4, -0.2) is 13.0 Å². The van der Waals surface area contributed by atoms with Crippen molar-refractivity contribution in [2.45, 2.75) is 89.4 Å². The Kier molecular flexibility index (Phi) is 8.78. The average molecular weight is 391 g/mol. The van der Waals surface area contributed by atoms with Crippen LogP contribution in [0.5, 0.6) is 0 Å². The lowest BCUT2D eigenvalue weighted by atomic mass is 9.97. The van der Waals surface area contributed by atoms with E-state index in [4.69, 9.17) is 0 Å². The molecule has 27 heavy (non-hydrogen) atoms. The number of rotatable bonds is 12. The highest BCUT2D eigenvalue weighted by atomic mass is 32.2. The van der Waals surface area contributed by atoms with Crippen LogP contribution in [0.2, 0.25) is 0 Å². The Morgan fingerprint density at radius 1 is 0.852 bits per heavy atom. The van der Waals surface area contributed by atoms with E-state index >= 15 is 0 Å². The molecule has 0 fully saturated rings. The highest BCUT2D eigenvalue weighted by Gasteiger charge is 2.19. The molecule has 0 unspecified atom stereocenters. The minimum absolute atomic E-state index is 0.0719. The molecule has 0 saturated heterocycles. The zero-order chi connectivity index (χ0) is 19.7. The van der Waals surface area contributed by atoms with Crippen molar-refractivity contribution >= 4 is 20.9 Å². The molecule has 4 heteroatoms. The number of unbranched alkanes of at least 4 members (excludes halogenated alkanes) is 9. The lowest BCUT2D eigenvalue weighted by Gasteiger charge is -2.13. The van der Waals surface area contributed by atoms with Gasteiger partial charge in [0.25, 0.3) is 10.1 Å². The van der Waals surface area contributed by atoms with Crippen molar-refractivity contribution in [2.24, 2.45) is 0 Å². The molecule has 0 heterocycles. The molecule has 2 aromatic rings. The van der Waals surface area contributed by atoms with E-state index in [1.807, 2.05) is 12.1 Å². The van der Waals surface area contributed by atoms with Gasteiger partial charge in [0.1, 0.15) is 4.90 Å². The Bertz CT molecular complexity index is 825. The molecule has 0 bridgehead atoms. The van der Waals surface area contributed by atoms with Gasteiger partial charge in [-0.1, -0.05) is 95.0 Å². The van der Waals surface area contributed by atoms with Crippen LogP contribution in [0.1, 0.15) is 82.3 Å². The fraction of sp³-hybridized carbons (Fsp3) is 0.565. The Morgan fingerprint density at radius 2 is 1.41 bits per heavy atom. The summed E-state index contributed by atoms with van der Waals surface area (Å²) in [5.74, 6) is 0. The molecule has 0 aliphatic heterocycles. The van der Waals surface area contributed by atoms with Crippen LogP contribution in [0.25, 0.3) is 10.8 Å². The molecule has 0 saturated carbocycles. The van der Waals surface area contributed by atoms with Gasteiger partial charge in [-0.05, 0) is 36.3 Å². The number of hydrogen-bond donors (Lipinski definition) is 1. The Hall–Kier alpha value is -1.39. The summed E-state index contributed by atoms with van der Waals surface area (Å²) in [7, 11) is -4.23. The van der Waals surface area contributed by atoms with E-state index in [-0.39, 0.29) is 4.90 Å². The van der Waals surface area contributed by atoms with Crippen molar-refractivity contribution in [1.82, 2.24) is 0 Å². The van der Waals surface area contributed by atoms with E-state index in [1.165, 1.54) is 57.8 Å². The van der Waals surface area contributed by atoms with Gasteiger partial charge in [0.15, 0.2) is 0 Å². The summed E-state index contributed by atoms with van der Waals surface area (Å²) in [6.07, 6.45) is 13.7. The summed E-state index contributed by atoms with van der Waals surface area (Å²) in [5.41, 5.74) is 1.72. The van der Waals surface area contributed by atoms with Gasteiger partial charge in [0.2, 0.25) is 0 Å². The van der Waals surface area contributed by atoms with Crippen molar-refractivity contribution in [3.05, 3.63) is 41.5 Å². The molecule has 0 aliphatic carbocycles. The highest BCUT2D eigenvalue weighted by molar-refractivity contribution is 7.86. The third kappa shape index (κ3) is 6.62. The summed E-state index contributed by atoms with van der Waals surface area (Å²) >= 11 is 0. The van der Waals surface area contributed by atoms with Crippen molar-refractivity contribution in [3.63, 3.8) is 0 Å². The van der Waals surface area contributed by atoms with Gasteiger partial charge in [-0.15, -0.1) is 0 Å². The number of aryl methyl sites for hydroxylation is 1. The van der Waals surface area contributed by atoms with Gasteiger partial charge >= 0.3 is 0 Å². The van der Waals surface area contributed by atoms with Gasteiger partial charge in [0.05, 0.1) is 0 Å². The van der Waals surface area contributed by atoms with E-state index in [9.17, 15) is 13.0 Å². The SMILES string of the molecule is CCCCCCCCCCCCc1cc2ccccc2c(S(=O)(=O)O)c1C. The molecule has 1 N–H and O–H groups in total. The maximum atomic E-state index is 11.9. The predicted octanol–water partition coefficient (Wildman–Crippen LogP) is 6.86. The summed E-state index contributed by atoms with van der Waals surface area (Å²) in [5, 5.41) is 1.47. The molecule has 3 nitrogen and oxygen atoms in total. The lowest BCUT2D eigenvalue weighted by Crippen LogP contribution is -2.05. The van der Waals surface area contributed by atoms with Crippen LogP contribution in [0, 0.1) is 6.92 Å². The average Bonchev–Trinajstić information content (AvgIpc) is 2.62. The summed E-state index contributed by atoms with van der Waals surface area (Å²) < 4.78 is 33.5. The summed E-state index contributed by atoms with van der Waals surface area (Å²) in [6, 6.07) is 9.45. The second-order valence-corrected chi connectivity index (χ2v) is 8.98. The quantitative estimate of drug-likeness (QED) is 0.318. The molecule has 0 atom stereocenters. The number of fused-ring (bicyclic) bond motifs is 1. The van der Waals surface area contributed by atoms with Crippen LogP contribution >= 0.6 is 0 Å².